The number of hydrogen-bond acceptors (Lipinski definition) is 4. The summed E-state index contributed by atoms with van der Waals surface area (Å²) in [6, 6.07) is 16.4. The van der Waals surface area contributed by atoms with Crippen LogP contribution in [0.25, 0.3) is 6.08 Å². The van der Waals surface area contributed by atoms with Crippen LogP contribution in [0.4, 0.5) is 5.69 Å². The van der Waals surface area contributed by atoms with E-state index in [0.29, 0.717) is 4.91 Å². The molecule has 2 aliphatic heterocycles. The molecular formula is C24H26ClN3OS. The van der Waals surface area contributed by atoms with Crippen LogP contribution in [-0.4, -0.2) is 42.2 Å². The SMILES string of the molecule is CC(C)(C)c1ccc(/C=C2/SC(N3CCN(c4ccc(Cl)cc4)CC3)=NC2=O)cc1. The maximum atomic E-state index is 12.4. The normalized spacial score (nSPS) is 18.9. The molecule has 0 saturated carbocycles. The Morgan fingerprint density at radius 2 is 1.53 bits per heavy atom. The topological polar surface area (TPSA) is 35.9 Å². The first kappa shape index (κ1) is 21.0. The number of amidine groups is 1. The van der Waals surface area contributed by atoms with Crippen molar-refractivity contribution in [3.05, 3.63) is 69.6 Å². The average Bonchev–Trinajstić information content (AvgIpc) is 3.09. The molecule has 6 heteroatoms. The summed E-state index contributed by atoms with van der Waals surface area (Å²) in [6.45, 7) is 10.1. The van der Waals surface area contributed by atoms with E-state index < -0.39 is 0 Å². The Bertz CT molecular complexity index is 983. The van der Waals surface area contributed by atoms with Gasteiger partial charge in [-0.25, -0.2) is 0 Å². The maximum Gasteiger partial charge on any atom is 0.286 e. The number of amides is 1. The number of carbonyl (C=O) groups is 1. The largest absolute Gasteiger partial charge is 0.368 e. The zero-order valence-corrected chi connectivity index (χ0v) is 19.1. The Labute approximate surface area is 187 Å². The van der Waals surface area contributed by atoms with Crippen molar-refractivity contribution in [2.45, 2.75) is 26.2 Å². The number of halogens is 1. The van der Waals surface area contributed by atoms with Gasteiger partial charge in [0, 0.05) is 36.9 Å². The number of carbonyl (C=O) groups excluding carboxylic acids is 1. The van der Waals surface area contributed by atoms with Gasteiger partial charge in [-0.2, -0.15) is 4.99 Å². The van der Waals surface area contributed by atoms with E-state index >= 15 is 0 Å². The second kappa shape index (κ2) is 8.48. The number of rotatable bonds is 2. The zero-order valence-electron chi connectivity index (χ0n) is 17.6. The van der Waals surface area contributed by atoms with Crippen molar-refractivity contribution < 1.29 is 4.79 Å². The molecule has 0 spiro atoms. The quantitative estimate of drug-likeness (QED) is 0.584. The van der Waals surface area contributed by atoms with Gasteiger partial charge < -0.3 is 9.80 Å². The van der Waals surface area contributed by atoms with Gasteiger partial charge in [-0.1, -0.05) is 56.6 Å². The van der Waals surface area contributed by atoms with Crippen LogP contribution in [-0.2, 0) is 10.2 Å². The standard InChI is InChI=1S/C24H26ClN3OS/c1-24(2,3)18-6-4-17(5-7-18)16-21-22(29)26-23(30-21)28-14-12-27(13-15-28)20-10-8-19(25)9-11-20/h4-11,16H,12-15H2,1-3H3/b21-16+. The van der Waals surface area contributed by atoms with Crippen LogP contribution in [0.15, 0.2) is 58.4 Å². The predicted molar refractivity (Wildman–Crippen MR) is 128 cm³/mol. The molecular weight excluding hydrogens is 414 g/mol. The van der Waals surface area contributed by atoms with Crippen LogP contribution >= 0.6 is 23.4 Å². The fourth-order valence-corrected chi connectivity index (χ4v) is 4.66. The van der Waals surface area contributed by atoms with Gasteiger partial charge in [0.1, 0.15) is 0 Å². The second-order valence-electron chi connectivity index (χ2n) is 8.63. The van der Waals surface area contributed by atoms with E-state index in [1.807, 2.05) is 18.2 Å². The lowest BCUT2D eigenvalue weighted by atomic mass is 9.87. The molecule has 156 valence electrons. The Kier molecular flexibility index (Phi) is 5.94. The highest BCUT2D eigenvalue weighted by Gasteiger charge is 2.28. The monoisotopic (exact) mass is 439 g/mol. The highest BCUT2D eigenvalue weighted by atomic mass is 35.5. The van der Waals surface area contributed by atoms with Crippen LogP contribution in [0.3, 0.4) is 0 Å². The minimum Gasteiger partial charge on any atom is -0.368 e. The summed E-state index contributed by atoms with van der Waals surface area (Å²) < 4.78 is 0. The first-order valence-electron chi connectivity index (χ1n) is 10.2. The van der Waals surface area contributed by atoms with E-state index in [4.69, 9.17) is 11.6 Å². The molecule has 4 nitrogen and oxygen atoms in total. The van der Waals surface area contributed by atoms with Gasteiger partial charge in [-0.3, -0.25) is 4.79 Å². The third kappa shape index (κ3) is 4.73. The smallest absolute Gasteiger partial charge is 0.286 e. The number of benzene rings is 2. The van der Waals surface area contributed by atoms with E-state index in [9.17, 15) is 4.79 Å². The molecule has 2 aromatic rings. The number of hydrogen-bond donors (Lipinski definition) is 0. The minimum absolute atomic E-state index is 0.119. The van der Waals surface area contributed by atoms with E-state index in [1.165, 1.54) is 23.0 Å². The fraction of sp³-hybridized carbons (Fsp3) is 0.333. The molecule has 2 aromatic carbocycles. The summed E-state index contributed by atoms with van der Waals surface area (Å²) in [6.07, 6.45) is 1.94. The molecule has 0 radical (unpaired) electrons. The summed E-state index contributed by atoms with van der Waals surface area (Å²) in [7, 11) is 0. The molecule has 1 amide bonds. The van der Waals surface area contributed by atoms with E-state index in [1.54, 1.807) is 0 Å². The highest BCUT2D eigenvalue weighted by Crippen LogP contribution is 2.32. The van der Waals surface area contributed by atoms with Gasteiger partial charge in [0.2, 0.25) is 0 Å². The Morgan fingerprint density at radius 1 is 0.933 bits per heavy atom. The molecule has 4 rings (SSSR count). The Morgan fingerprint density at radius 3 is 2.13 bits per heavy atom. The lowest BCUT2D eigenvalue weighted by Gasteiger charge is -2.36. The lowest BCUT2D eigenvalue weighted by Crippen LogP contribution is -2.47. The van der Waals surface area contributed by atoms with Crippen LogP contribution in [0, 0.1) is 0 Å². The maximum absolute atomic E-state index is 12.4. The van der Waals surface area contributed by atoms with Crippen molar-refractivity contribution in [1.29, 1.82) is 0 Å². The second-order valence-corrected chi connectivity index (χ2v) is 10.1. The summed E-state index contributed by atoms with van der Waals surface area (Å²) in [5.74, 6) is -0.143. The molecule has 1 saturated heterocycles. The highest BCUT2D eigenvalue weighted by molar-refractivity contribution is 8.18. The van der Waals surface area contributed by atoms with Crippen LogP contribution in [0.2, 0.25) is 5.02 Å². The molecule has 0 unspecified atom stereocenters. The number of anilines is 1. The van der Waals surface area contributed by atoms with Gasteiger partial charge in [0.05, 0.1) is 4.91 Å². The third-order valence-electron chi connectivity index (χ3n) is 5.43. The Balaban J connectivity index is 1.38. The number of aliphatic imine (C=N–C) groups is 1. The van der Waals surface area contributed by atoms with E-state index in [2.05, 4.69) is 72.0 Å². The summed E-state index contributed by atoms with van der Waals surface area (Å²) >= 11 is 7.47. The minimum atomic E-state index is -0.143. The van der Waals surface area contributed by atoms with Crippen molar-refractivity contribution >= 4 is 46.2 Å². The van der Waals surface area contributed by atoms with Gasteiger partial charge in [0.15, 0.2) is 5.17 Å². The van der Waals surface area contributed by atoms with Gasteiger partial charge >= 0.3 is 0 Å². The molecule has 0 aromatic heterocycles. The Hall–Kier alpha value is -2.24. The molecule has 2 aliphatic rings. The van der Waals surface area contributed by atoms with Crippen molar-refractivity contribution in [3.8, 4) is 0 Å². The molecule has 2 heterocycles. The fourth-order valence-electron chi connectivity index (χ4n) is 3.57. The van der Waals surface area contributed by atoms with E-state index in [0.717, 1.165) is 41.9 Å². The van der Waals surface area contributed by atoms with Crippen LogP contribution < -0.4 is 4.90 Å². The molecule has 30 heavy (non-hydrogen) atoms. The first-order valence-corrected chi connectivity index (χ1v) is 11.4. The lowest BCUT2D eigenvalue weighted by molar-refractivity contribution is -0.113. The van der Waals surface area contributed by atoms with Crippen LogP contribution in [0.5, 0.6) is 0 Å². The molecule has 0 aliphatic carbocycles. The third-order valence-corrected chi connectivity index (χ3v) is 6.72. The van der Waals surface area contributed by atoms with Crippen molar-refractivity contribution in [3.63, 3.8) is 0 Å². The van der Waals surface area contributed by atoms with Crippen molar-refractivity contribution in [1.82, 2.24) is 4.90 Å². The molecule has 1 fully saturated rings. The molecule has 0 atom stereocenters. The summed E-state index contributed by atoms with van der Waals surface area (Å²) in [5.41, 5.74) is 3.61. The van der Waals surface area contributed by atoms with Gasteiger partial charge in [0.25, 0.3) is 5.91 Å². The first-order chi connectivity index (χ1) is 14.3. The number of piperazine rings is 1. The zero-order chi connectivity index (χ0) is 21.3. The molecule has 0 bridgehead atoms. The average molecular weight is 440 g/mol. The molecule has 0 N–H and O–H groups in total. The van der Waals surface area contributed by atoms with Gasteiger partial charge in [-0.05, 0) is 58.6 Å². The van der Waals surface area contributed by atoms with E-state index in [-0.39, 0.29) is 11.3 Å². The van der Waals surface area contributed by atoms with Crippen molar-refractivity contribution in [2.75, 3.05) is 31.1 Å². The number of nitrogens with zero attached hydrogens (tertiary/aromatic N) is 3. The predicted octanol–water partition coefficient (Wildman–Crippen LogP) is 5.43. The van der Waals surface area contributed by atoms with Crippen molar-refractivity contribution in [2.24, 2.45) is 4.99 Å². The van der Waals surface area contributed by atoms with Crippen LogP contribution in [0.1, 0.15) is 31.9 Å². The summed E-state index contributed by atoms with van der Waals surface area (Å²) in [4.78, 5) is 22.0. The number of thioether (sulfide) groups is 1. The van der Waals surface area contributed by atoms with Gasteiger partial charge in [-0.15, -0.1) is 0 Å². The summed E-state index contributed by atoms with van der Waals surface area (Å²) in [5, 5.41) is 1.56.